The Morgan fingerprint density at radius 1 is 1.33 bits per heavy atom. The molecule has 2 aromatic rings. The molecule has 0 spiro atoms. The maximum absolute atomic E-state index is 5.96. The number of nitrogens with zero attached hydrogens (tertiary/aromatic N) is 1. The highest BCUT2D eigenvalue weighted by Gasteiger charge is 2.29. The fourth-order valence-corrected chi connectivity index (χ4v) is 2.41. The number of methoxy groups -OCH3 is 1. The van der Waals surface area contributed by atoms with E-state index in [2.05, 4.69) is 10.3 Å². The van der Waals surface area contributed by atoms with Gasteiger partial charge in [-0.2, -0.15) is 0 Å². The molecule has 1 aliphatic rings. The summed E-state index contributed by atoms with van der Waals surface area (Å²) in [4.78, 5) is 4.42. The van der Waals surface area contributed by atoms with Crippen LogP contribution in [-0.4, -0.2) is 24.2 Å². The van der Waals surface area contributed by atoms with Gasteiger partial charge in [0.1, 0.15) is 0 Å². The van der Waals surface area contributed by atoms with Crippen LogP contribution in [-0.2, 0) is 4.74 Å². The zero-order valence-electron chi connectivity index (χ0n) is 10.4. The van der Waals surface area contributed by atoms with Crippen molar-refractivity contribution in [3.05, 3.63) is 30.5 Å². The van der Waals surface area contributed by atoms with E-state index in [9.17, 15) is 0 Å². The number of ether oxygens (including phenoxy) is 1. The molecule has 0 atom stereocenters. The van der Waals surface area contributed by atoms with E-state index in [0.29, 0.717) is 12.1 Å². The van der Waals surface area contributed by atoms with Gasteiger partial charge in [-0.1, -0.05) is 0 Å². The minimum atomic E-state index is 0.399. The Balaban J connectivity index is 1.87. The Labute approximate surface area is 106 Å². The van der Waals surface area contributed by atoms with Crippen LogP contribution in [0.1, 0.15) is 12.8 Å². The monoisotopic (exact) mass is 243 g/mol. The SMILES string of the molecule is COC1CC(Nc2ccc(N)c3cccnc23)C1. The van der Waals surface area contributed by atoms with Gasteiger partial charge < -0.3 is 15.8 Å². The number of nitrogen functional groups attached to an aromatic ring is 1. The van der Waals surface area contributed by atoms with E-state index in [-0.39, 0.29) is 0 Å². The molecule has 1 aromatic carbocycles. The molecule has 4 heteroatoms. The smallest absolute Gasteiger partial charge is 0.0953 e. The van der Waals surface area contributed by atoms with Crippen LogP contribution in [0.3, 0.4) is 0 Å². The van der Waals surface area contributed by atoms with E-state index in [4.69, 9.17) is 10.5 Å². The summed E-state index contributed by atoms with van der Waals surface area (Å²) in [6, 6.07) is 8.32. The van der Waals surface area contributed by atoms with Crippen LogP contribution in [0, 0.1) is 0 Å². The third-order valence-corrected chi connectivity index (χ3v) is 3.59. The summed E-state index contributed by atoms with van der Waals surface area (Å²) in [6.45, 7) is 0. The average Bonchev–Trinajstić information content (AvgIpc) is 2.36. The van der Waals surface area contributed by atoms with Crippen molar-refractivity contribution in [3.8, 4) is 0 Å². The van der Waals surface area contributed by atoms with Crippen molar-refractivity contribution in [2.75, 3.05) is 18.2 Å². The summed E-state index contributed by atoms with van der Waals surface area (Å²) in [6.07, 6.45) is 4.30. The number of benzene rings is 1. The molecule has 1 fully saturated rings. The molecule has 0 saturated heterocycles. The summed E-state index contributed by atoms with van der Waals surface area (Å²) >= 11 is 0. The lowest BCUT2D eigenvalue weighted by molar-refractivity contribution is 0.0329. The lowest BCUT2D eigenvalue weighted by atomic mass is 9.89. The number of hydrogen-bond acceptors (Lipinski definition) is 4. The van der Waals surface area contributed by atoms with Gasteiger partial charge in [-0.3, -0.25) is 4.98 Å². The van der Waals surface area contributed by atoms with E-state index in [0.717, 1.165) is 35.1 Å². The van der Waals surface area contributed by atoms with Crippen molar-refractivity contribution < 1.29 is 4.74 Å². The number of nitrogens with one attached hydrogen (secondary N) is 1. The van der Waals surface area contributed by atoms with E-state index >= 15 is 0 Å². The molecule has 1 aliphatic carbocycles. The molecule has 0 bridgehead atoms. The highest BCUT2D eigenvalue weighted by molar-refractivity contribution is 5.98. The molecule has 0 unspecified atom stereocenters. The van der Waals surface area contributed by atoms with Crippen molar-refractivity contribution in [3.63, 3.8) is 0 Å². The second-order valence-corrected chi connectivity index (χ2v) is 4.77. The first-order valence-electron chi connectivity index (χ1n) is 6.20. The lowest BCUT2D eigenvalue weighted by Gasteiger charge is -2.35. The maximum atomic E-state index is 5.96. The maximum Gasteiger partial charge on any atom is 0.0953 e. The number of anilines is 2. The van der Waals surface area contributed by atoms with Crippen molar-refractivity contribution >= 4 is 22.3 Å². The standard InChI is InChI=1S/C14H17N3O/c1-18-10-7-9(8-10)17-13-5-4-12(15)11-3-2-6-16-14(11)13/h2-6,9-10,17H,7-8,15H2,1H3. The predicted octanol–water partition coefficient (Wildman–Crippen LogP) is 2.41. The molecular weight excluding hydrogens is 226 g/mol. The summed E-state index contributed by atoms with van der Waals surface area (Å²) in [5, 5.41) is 4.52. The van der Waals surface area contributed by atoms with E-state index in [1.165, 1.54) is 0 Å². The van der Waals surface area contributed by atoms with E-state index in [1.54, 1.807) is 13.3 Å². The first-order chi connectivity index (χ1) is 8.78. The Kier molecular flexibility index (Phi) is 2.80. The largest absolute Gasteiger partial charge is 0.398 e. The Hall–Kier alpha value is -1.81. The third kappa shape index (κ3) is 1.88. The van der Waals surface area contributed by atoms with Crippen LogP contribution in [0.5, 0.6) is 0 Å². The third-order valence-electron chi connectivity index (χ3n) is 3.59. The minimum Gasteiger partial charge on any atom is -0.398 e. The first-order valence-corrected chi connectivity index (χ1v) is 6.20. The number of nitrogens with two attached hydrogens (primary N) is 1. The quantitative estimate of drug-likeness (QED) is 0.813. The predicted molar refractivity (Wildman–Crippen MR) is 73.6 cm³/mol. The van der Waals surface area contributed by atoms with Gasteiger partial charge in [-0.15, -0.1) is 0 Å². The number of fused-ring (bicyclic) bond motifs is 1. The Morgan fingerprint density at radius 3 is 2.94 bits per heavy atom. The molecule has 3 N–H and O–H groups in total. The summed E-state index contributed by atoms with van der Waals surface area (Å²) < 4.78 is 5.29. The van der Waals surface area contributed by atoms with Crippen LogP contribution in [0.25, 0.3) is 10.9 Å². The first kappa shape index (κ1) is 11.3. The molecule has 94 valence electrons. The highest BCUT2D eigenvalue weighted by Crippen LogP contribution is 2.31. The van der Waals surface area contributed by atoms with Gasteiger partial charge >= 0.3 is 0 Å². The molecule has 1 heterocycles. The zero-order valence-corrected chi connectivity index (χ0v) is 10.4. The van der Waals surface area contributed by atoms with Crippen LogP contribution in [0.2, 0.25) is 0 Å². The summed E-state index contributed by atoms with van der Waals surface area (Å²) in [7, 11) is 1.76. The lowest BCUT2D eigenvalue weighted by Crippen LogP contribution is -2.40. The van der Waals surface area contributed by atoms with E-state index < -0.39 is 0 Å². The van der Waals surface area contributed by atoms with Crippen molar-refractivity contribution in [2.24, 2.45) is 0 Å². The van der Waals surface area contributed by atoms with Gasteiger partial charge in [0.2, 0.25) is 0 Å². The molecule has 1 saturated carbocycles. The molecule has 18 heavy (non-hydrogen) atoms. The van der Waals surface area contributed by atoms with Crippen molar-refractivity contribution in [1.82, 2.24) is 4.98 Å². The second kappa shape index (κ2) is 4.46. The van der Waals surface area contributed by atoms with Gasteiger partial charge in [-0.05, 0) is 37.1 Å². The van der Waals surface area contributed by atoms with Gasteiger partial charge in [0.05, 0.1) is 17.3 Å². The van der Waals surface area contributed by atoms with Gasteiger partial charge in [0.15, 0.2) is 0 Å². The van der Waals surface area contributed by atoms with Crippen LogP contribution in [0.15, 0.2) is 30.5 Å². The van der Waals surface area contributed by atoms with Crippen LogP contribution in [0.4, 0.5) is 11.4 Å². The fourth-order valence-electron chi connectivity index (χ4n) is 2.41. The van der Waals surface area contributed by atoms with Crippen molar-refractivity contribution in [2.45, 2.75) is 25.0 Å². The number of aromatic nitrogens is 1. The molecule has 3 rings (SSSR count). The number of pyridine rings is 1. The highest BCUT2D eigenvalue weighted by atomic mass is 16.5. The van der Waals surface area contributed by atoms with Crippen molar-refractivity contribution in [1.29, 1.82) is 0 Å². The summed E-state index contributed by atoms with van der Waals surface area (Å²) in [5.41, 5.74) is 8.73. The van der Waals surface area contributed by atoms with Gasteiger partial charge in [0.25, 0.3) is 0 Å². The van der Waals surface area contributed by atoms with Gasteiger partial charge in [-0.25, -0.2) is 0 Å². The number of rotatable bonds is 3. The normalized spacial score (nSPS) is 22.7. The average molecular weight is 243 g/mol. The van der Waals surface area contributed by atoms with Gasteiger partial charge in [0, 0.05) is 30.4 Å². The molecule has 0 radical (unpaired) electrons. The summed E-state index contributed by atoms with van der Waals surface area (Å²) in [5.74, 6) is 0. The number of hydrogen-bond donors (Lipinski definition) is 2. The minimum absolute atomic E-state index is 0.399. The molecule has 4 nitrogen and oxygen atoms in total. The fraction of sp³-hybridized carbons (Fsp3) is 0.357. The molecule has 0 amide bonds. The zero-order chi connectivity index (χ0) is 12.5. The molecule has 0 aliphatic heterocycles. The van der Waals surface area contributed by atoms with Crippen LogP contribution < -0.4 is 11.1 Å². The Bertz CT molecular complexity index is 564. The topological polar surface area (TPSA) is 60.2 Å². The Morgan fingerprint density at radius 2 is 2.17 bits per heavy atom. The molecular formula is C14H17N3O. The second-order valence-electron chi connectivity index (χ2n) is 4.77. The molecule has 1 aromatic heterocycles. The van der Waals surface area contributed by atoms with Crippen LogP contribution >= 0.6 is 0 Å². The van der Waals surface area contributed by atoms with E-state index in [1.807, 2.05) is 24.3 Å².